The Morgan fingerprint density at radius 3 is 2.54 bits per heavy atom. The molecule has 3 rings (SSSR count). The molecule has 0 saturated carbocycles. The summed E-state index contributed by atoms with van der Waals surface area (Å²) in [6, 6.07) is 7.45. The highest BCUT2D eigenvalue weighted by atomic mass is 16.5. The molecular weight excluding hydrogens is 330 g/mol. The minimum atomic E-state index is -0.292. The Balaban J connectivity index is 1.84. The van der Waals surface area contributed by atoms with Gasteiger partial charge in [-0.3, -0.25) is 4.79 Å². The van der Waals surface area contributed by atoms with Crippen LogP contribution in [-0.2, 0) is 11.3 Å². The van der Waals surface area contributed by atoms with E-state index < -0.39 is 0 Å². The Bertz CT molecular complexity index is 779. The number of hydrogen-bond acceptors (Lipinski definition) is 4. The number of nitrogens with zero attached hydrogens (tertiary/aromatic N) is 3. The van der Waals surface area contributed by atoms with Crippen LogP contribution in [0.5, 0.6) is 5.75 Å². The fraction of sp³-hybridized carbons (Fsp3) is 0.400. The summed E-state index contributed by atoms with van der Waals surface area (Å²) in [5, 5.41) is 10.5. The standard InChI is InChI=1S/C20H25N3O3/c1-14(2)17-18(15-5-7-16(26-3)8-6-15)23(20(25)19(17)24)11-4-10-22-12-9-21-13-22/h5-9,12-14,18,24H,4,10-11H2,1-3H3. The Hall–Kier alpha value is -2.76. The molecule has 0 fully saturated rings. The van der Waals surface area contributed by atoms with Crippen molar-refractivity contribution in [2.45, 2.75) is 32.9 Å². The molecule has 0 spiro atoms. The van der Waals surface area contributed by atoms with Gasteiger partial charge in [0.15, 0.2) is 5.76 Å². The van der Waals surface area contributed by atoms with Gasteiger partial charge in [-0.15, -0.1) is 0 Å². The van der Waals surface area contributed by atoms with Gasteiger partial charge in [-0.05, 0) is 30.0 Å². The van der Waals surface area contributed by atoms with E-state index in [4.69, 9.17) is 4.74 Å². The topological polar surface area (TPSA) is 67.6 Å². The van der Waals surface area contributed by atoms with E-state index in [1.165, 1.54) is 0 Å². The molecule has 1 aliphatic rings. The first-order valence-corrected chi connectivity index (χ1v) is 8.86. The molecule has 1 N–H and O–H groups in total. The van der Waals surface area contributed by atoms with Gasteiger partial charge >= 0.3 is 0 Å². The Morgan fingerprint density at radius 2 is 1.96 bits per heavy atom. The monoisotopic (exact) mass is 355 g/mol. The minimum absolute atomic E-state index is 0.0738. The van der Waals surface area contributed by atoms with Gasteiger partial charge in [-0.25, -0.2) is 4.98 Å². The lowest BCUT2D eigenvalue weighted by Gasteiger charge is -2.28. The number of benzene rings is 1. The first kappa shape index (κ1) is 18.0. The predicted octanol–water partition coefficient (Wildman–Crippen LogP) is 3.33. The fourth-order valence-electron chi connectivity index (χ4n) is 3.48. The summed E-state index contributed by atoms with van der Waals surface area (Å²) < 4.78 is 7.22. The van der Waals surface area contributed by atoms with E-state index in [9.17, 15) is 9.90 Å². The van der Waals surface area contributed by atoms with E-state index in [1.54, 1.807) is 24.5 Å². The summed E-state index contributed by atoms with van der Waals surface area (Å²) >= 11 is 0. The number of imidazole rings is 1. The smallest absolute Gasteiger partial charge is 0.289 e. The number of methoxy groups -OCH3 is 1. The number of aliphatic hydroxyl groups excluding tert-OH is 1. The second-order valence-electron chi connectivity index (χ2n) is 6.79. The van der Waals surface area contributed by atoms with Crippen LogP contribution in [0.3, 0.4) is 0 Å². The molecule has 1 atom stereocenters. The van der Waals surface area contributed by atoms with Crippen LogP contribution in [0.4, 0.5) is 0 Å². The van der Waals surface area contributed by atoms with Crippen LogP contribution in [0.25, 0.3) is 0 Å². The number of rotatable bonds is 7. The summed E-state index contributed by atoms with van der Waals surface area (Å²) in [6.45, 7) is 5.35. The average molecular weight is 355 g/mol. The predicted molar refractivity (Wildman–Crippen MR) is 98.8 cm³/mol. The van der Waals surface area contributed by atoms with Crippen molar-refractivity contribution in [3.05, 3.63) is 59.9 Å². The van der Waals surface area contributed by atoms with E-state index in [2.05, 4.69) is 4.98 Å². The van der Waals surface area contributed by atoms with Gasteiger partial charge in [0.2, 0.25) is 0 Å². The fourth-order valence-corrected chi connectivity index (χ4v) is 3.48. The molecule has 2 heterocycles. The highest BCUT2D eigenvalue weighted by Crippen LogP contribution is 2.41. The summed E-state index contributed by atoms with van der Waals surface area (Å²) in [5.74, 6) is 0.442. The first-order chi connectivity index (χ1) is 12.5. The van der Waals surface area contributed by atoms with Gasteiger partial charge in [0.1, 0.15) is 5.75 Å². The maximum Gasteiger partial charge on any atom is 0.289 e. The SMILES string of the molecule is COc1ccc(C2C(C(C)C)=C(O)C(=O)N2CCCn2ccnc2)cc1. The quantitative estimate of drug-likeness (QED) is 0.827. The average Bonchev–Trinajstić information content (AvgIpc) is 3.24. The number of hydrogen-bond donors (Lipinski definition) is 1. The molecule has 1 aliphatic heterocycles. The Kier molecular flexibility index (Phi) is 5.30. The highest BCUT2D eigenvalue weighted by Gasteiger charge is 2.40. The maximum absolute atomic E-state index is 12.7. The molecule has 1 aromatic carbocycles. The molecule has 6 heteroatoms. The molecule has 0 bridgehead atoms. The zero-order valence-corrected chi connectivity index (χ0v) is 15.4. The van der Waals surface area contributed by atoms with Crippen molar-refractivity contribution in [3.63, 3.8) is 0 Å². The molecule has 1 unspecified atom stereocenters. The van der Waals surface area contributed by atoms with Crippen LogP contribution in [0, 0.1) is 5.92 Å². The molecule has 6 nitrogen and oxygen atoms in total. The van der Waals surface area contributed by atoms with E-state index >= 15 is 0 Å². The molecule has 2 aromatic rings. The third-order valence-electron chi connectivity index (χ3n) is 4.77. The Labute approximate surface area is 153 Å². The third-order valence-corrected chi connectivity index (χ3v) is 4.77. The third kappa shape index (κ3) is 3.45. The van der Waals surface area contributed by atoms with Crippen molar-refractivity contribution in [2.75, 3.05) is 13.7 Å². The molecular formula is C20H25N3O3. The molecule has 1 aromatic heterocycles. The molecule has 0 aliphatic carbocycles. The summed E-state index contributed by atoms with van der Waals surface area (Å²) in [5.41, 5.74) is 1.76. The van der Waals surface area contributed by atoms with Crippen LogP contribution in [-0.4, -0.2) is 39.1 Å². The van der Waals surface area contributed by atoms with Crippen LogP contribution < -0.4 is 4.74 Å². The van der Waals surface area contributed by atoms with Gasteiger partial charge in [-0.2, -0.15) is 0 Å². The molecule has 0 radical (unpaired) electrons. The summed E-state index contributed by atoms with van der Waals surface area (Å²) in [7, 11) is 1.63. The maximum atomic E-state index is 12.7. The number of carbonyl (C=O) groups excluding carboxylic acids is 1. The number of aromatic nitrogens is 2. The number of aliphatic hydroxyl groups is 1. The van der Waals surface area contributed by atoms with Crippen LogP contribution in [0.15, 0.2) is 54.3 Å². The largest absolute Gasteiger partial charge is 0.503 e. The first-order valence-electron chi connectivity index (χ1n) is 8.86. The van der Waals surface area contributed by atoms with Crippen molar-refractivity contribution >= 4 is 5.91 Å². The van der Waals surface area contributed by atoms with Crippen LogP contribution >= 0.6 is 0 Å². The molecule has 26 heavy (non-hydrogen) atoms. The van der Waals surface area contributed by atoms with E-state index in [1.807, 2.05) is 48.9 Å². The van der Waals surface area contributed by atoms with E-state index in [-0.39, 0.29) is 23.6 Å². The number of ether oxygens (including phenoxy) is 1. The van der Waals surface area contributed by atoms with E-state index in [0.717, 1.165) is 29.9 Å². The van der Waals surface area contributed by atoms with Crippen molar-refractivity contribution in [1.29, 1.82) is 0 Å². The summed E-state index contributed by atoms with van der Waals surface area (Å²) in [6.07, 6.45) is 6.20. The zero-order chi connectivity index (χ0) is 18.7. The lowest BCUT2D eigenvalue weighted by atomic mass is 9.91. The van der Waals surface area contributed by atoms with Crippen molar-refractivity contribution in [3.8, 4) is 5.75 Å². The van der Waals surface area contributed by atoms with Gasteiger partial charge in [0.25, 0.3) is 5.91 Å². The number of carbonyl (C=O) groups is 1. The highest BCUT2D eigenvalue weighted by molar-refractivity contribution is 5.95. The van der Waals surface area contributed by atoms with Crippen LogP contribution in [0.1, 0.15) is 31.9 Å². The number of aryl methyl sites for hydroxylation is 1. The lowest BCUT2D eigenvalue weighted by molar-refractivity contribution is -0.129. The number of amides is 1. The molecule has 1 amide bonds. The normalized spacial score (nSPS) is 17.5. The van der Waals surface area contributed by atoms with Gasteiger partial charge < -0.3 is 19.3 Å². The minimum Gasteiger partial charge on any atom is -0.503 e. The second-order valence-corrected chi connectivity index (χ2v) is 6.79. The van der Waals surface area contributed by atoms with E-state index in [0.29, 0.717) is 6.54 Å². The van der Waals surface area contributed by atoms with Crippen LogP contribution in [0.2, 0.25) is 0 Å². The van der Waals surface area contributed by atoms with Gasteiger partial charge in [0.05, 0.1) is 19.5 Å². The van der Waals surface area contributed by atoms with Gasteiger partial charge in [0, 0.05) is 31.1 Å². The second kappa shape index (κ2) is 7.64. The zero-order valence-electron chi connectivity index (χ0n) is 15.4. The lowest BCUT2D eigenvalue weighted by Crippen LogP contribution is -2.32. The summed E-state index contributed by atoms with van der Waals surface area (Å²) in [4.78, 5) is 18.5. The van der Waals surface area contributed by atoms with Crippen molar-refractivity contribution in [2.24, 2.45) is 5.92 Å². The van der Waals surface area contributed by atoms with Crippen molar-refractivity contribution in [1.82, 2.24) is 14.5 Å². The van der Waals surface area contributed by atoms with Gasteiger partial charge in [-0.1, -0.05) is 26.0 Å². The Morgan fingerprint density at radius 1 is 1.23 bits per heavy atom. The molecule has 138 valence electrons. The molecule has 0 saturated heterocycles. The van der Waals surface area contributed by atoms with Crippen molar-refractivity contribution < 1.29 is 14.6 Å².